The topological polar surface area (TPSA) is 3.24 Å². The van der Waals surface area contributed by atoms with Gasteiger partial charge >= 0.3 is 0 Å². The molecule has 0 saturated heterocycles. The van der Waals surface area contributed by atoms with Gasteiger partial charge in [0.05, 0.1) is 5.69 Å². The summed E-state index contributed by atoms with van der Waals surface area (Å²) < 4.78 is 0. The third-order valence-corrected chi connectivity index (χ3v) is 15.8. The molecule has 0 radical (unpaired) electrons. The third kappa shape index (κ3) is 8.51. The van der Waals surface area contributed by atoms with E-state index in [2.05, 4.69) is 293 Å². The van der Waals surface area contributed by atoms with E-state index in [1.165, 1.54) is 121 Å². The molecule has 0 N–H and O–H groups in total. The largest absolute Gasteiger partial charge is 0.310 e. The Bertz CT molecular complexity index is 3810. The van der Waals surface area contributed by atoms with E-state index >= 15 is 0 Å². The second kappa shape index (κ2) is 19.1. The van der Waals surface area contributed by atoms with Gasteiger partial charge in [0.1, 0.15) is 0 Å². The first kappa shape index (κ1) is 45.8. The van der Waals surface area contributed by atoms with Gasteiger partial charge in [-0.05, 0) is 151 Å². The predicted molar refractivity (Wildman–Crippen MR) is 320 cm³/mol. The Morgan fingerprint density at radius 3 is 0.880 bits per heavy atom. The summed E-state index contributed by atoms with van der Waals surface area (Å²) in [5.74, 6) is 0.289. The molecule has 0 amide bonds. The van der Waals surface area contributed by atoms with Crippen molar-refractivity contribution in [3.8, 4) is 22.3 Å². The molecular weight excluding hydrogens is 903 g/mol. The van der Waals surface area contributed by atoms with Crippen molar-refractivity contribution in [1.29, 1.82) is 0 Å². The van der Waals surface area contributed by atoms with Crippen molar-refractivity contribution in [2.75, 3.05) is 4.90 Å². The minimum absolute atomic E-state index is 0.144. The van der Waals surface area contributed by atoms with Gasteiger partial charge in [-0.25, -0.2) is 0 Å². The molecule has 13 aromatic rings. The van der Waals surface area contributed by atoms with Gasteiger partial charge in [0.25, 0.3) is 0 Å². The van der Waals surface area contributed by atoms with Crippen molar-refractivity contribution in [2.45, 2.75) is 39.5 Å². The van der Waals surface area contributed by atoms with Crippen molar-refractivity contribution >= 4 is 60.2 Å². The zero-order chi connectivity index (χ0) is 50.6. The van der Waals surface area contributed by atoms with Gasteiger partial charge < -0.3 is 4.90 Å². The second-order valence-corrected chi connectivity index (χ2v) is 20.8. The van der Waals surface area contributed by atoms with Crippen molar-refractivity contribution in [3.05, 3.63) is 316 Å². The molecule has 0 fully saturated rings. The van der Waals surface area contributed by atoms with Crippen molar-refractivity contribution in [3.63, 3.8) is 0 Å². The summed E-state index contributed by atoms with van der Waals surface area (Å²) in [7, 11) is 0. The van der Waals surface area contributed by atoms with E-state index in [0.717, 1.165) is 17.1 Å². The van der Waals surface area contributed by atoms with Crippen molar-refractivity contribution in [2.24, 2.45) is 0 Å². The maximum Gasteiger partial charge on any atom is 0.0540 e. The molecule has 0 unspecified atom stereocenters. The zero-order valence-corrected chi connectivity index (χ0v) is 42.9. The molecule has 1 heteroatoms. The number of rotatable bonds is 11. The summed E-state index contributed by atoms with van der Waals surface area (Å²) in [4.78, 5) is 2.45. The molecule has 0 saturated carbocycles. The van der Waals surface area contributed by atoms with E-state index in [9.17, 15) is 0 Å². The lowest BCUT2D eigenvalue weighted by molar-refractivity contribution is 0.975. The maximum atomic E-state index is 2.45. The van der Waals surface area contributed by atoms with Crippen LogP contribution in [0.5, 0.6) is 0 Å². The number of fused-ring (bicyclic) bond motifs is 2. The number of nitrogens with zero attached hydrogens (tertiary/aromatic N) is 1. The maximum absolute atomic E-state index is 2.45. The number of hydrogen-bond donors (Lipinski definition) is 0. The number of benzene rings is 13. The Morgan fingerprint density at radius 2 is 0.520 bits per heavy atom. The minimum atomic E-state index is 0.144. The summed E-state index contributed by atoms with van der Waals surface area (Å²) in [6.07, 6.45) is 0. The second-order valence-electron chi connectivity index (χ2n) is 20.8. The van der Waals surface area contributed by atoms with Gasteiger partial charge in [0.2, 0.25) is 0 Å². The van der Waals surface area contributed by atoms with Gasteiger partial charge in [-0.2, -0.15) is 0 Å². The molecule has 0 aliphatic carbocycles. The molecule has 0 bridgehead atoms. The minimum Gasteiger partial charge on any atom is -0.310 e. The van der Waals surface area contributed by atoms with Crippen LogP contribution < -0.4 is 4.90 Å². The first-order valence-corrected chi connectivity index (χ1v) is 26.4. The summed E-state index contributed by atoms with van der Waals surface area (Å²) in [5, 5.41) is 10.3. The normalized spacial score (nSPS) is 11.7. The molecule has 0 aromatic heterocycles. The van der Waals surface area contributed by atoms with E-state index in [1.54, 1.807) is 0 Å². The zero-order valence-electron chi connectivity index (χ0n) is 42.9. The molecule has 0 aliphatic heterocycles. The quantitative estimate of drug-likeness (QED) is 0.0709. The van der Waals surface area contributed by atoms with Crippen LogP contribution >= 0.6 is 0 Å². The molecular formula is C74H57N. The smallest absolute Gasteiger partial charge is 0.0540 e. The fraction of sp³-hybridized carbons (Fsp3) is 0.0811. The van der Waals surface area contributed by atoms with Gasteiger partial charge in [0, 0.05) is 28.6 Å². The Hall–Kier alpha value is -9.04. The summed E-state index contributed by atoms with van der Waals surface area (Å²) in [6, 6.07) is 97.8. The van der Waals surface area contributed by atoms with E-state index in [4.69, 9.17) is 0 Å². The standard InChI is InChI=1S/C74H57N/c1-48-14-22-57(23-15-48)71(58-24-16-49(2)17-25-58)61-34-30-52(31-35-61)54-38-42-63(43-39-54)75(70-47-46-68-66-11-6-9-56-8-5-10-65(73(56)66)67-12-7-13-69(70)74(67)68)64-44-40-55(41-45-64)53-32-36-62(37-33-53)72(59-26-18-50(3)19-27-59)60-28-20-51(4)21-29-60/h5-47,71-72H,1-4H3. The van der Waals surface area contributed by atoms with E-state index in [1.807, 2.05) is 0 Å². The van der Waals surface area contributed by atoms with Crippen LogP contribution in [-0.2, 0) is 0 Å². The van der Waals surface area contributed by atoms with Gasteiger partial charge in [-0.1, -0.05) is 253 Å². The lowest BCUT2D eigenvalue weighted by atomic mass is 9.84. The molecule has 75 heavy (non-hydrogen) atoms. The Balaban J connectivity index is 0.881. The Labute approximate surface area is 441 Å². The molecule has 13 rings (SSSR count). The molecule has 1 nitrogen and oxygen atoms in total. The van der Waals surface area contributed by atoms with Crippen LogP contribution in [0, 0.1) is 27.7 Å². The van der Waals surface area contributed by atoms with Gasteiger partial charge in [0.15, 0.2) is 0 Å². The van der Waals surface area contributed by atoms with Crippen LogP contribution in [-0.4, -0.2) is 0 Å². The average molecular weight is 960 g/mol. The van der Waals surface area contributed by atoms with Crippen LogP contribution in [0.1, 0.15) is 67.5 Å². The Morgan fingerprint density at radius 1 is 0.240 bits per heavy atom. The highest BCUT2D eigenvalue weighted by Gasteiger charge is 2.22. The third-order valence-electron chi connectivity index (χ3n) is 15.8. The van der Waals surface area contributed by atoms with Crippen LogP contribution in [0.3, 0.4) is 0 Å². The van der Waals surface area contributed by atoms with Gasteiger partial charge in [-0.15, -0.1) is 0 Å². The van der Waals surface area contributed by atoms with Crippen LogP contribution in [0.25, 0.3) is 65.3 Å². The molecule has 0 atom stereocenters. The van der Waals surface area contributed by atoms with Crippen LogP contribution in [0.4, 0.5) is 17.1 Å². The predicted octanol–water partition coefficient (Wildman–Crippen LogP) is 20.1. The van der Waals surface area contributed by atoms with Crippen molar-refractivity contribution in [1.82, 2.24) is 0 Å². The molecule has 0 heterocycles. The molecule has 13 aromatic carbocycles. The number of anilines is 3. The summed E-state index contributed by atoms with van der Waals surface area (Å²) in [6.45, 7) is 8.62. The summed E-state index contributed by atoms with van der Waals surface area (Å²) in [5.41, 5.74) is 20.9. The lowest BCUT2D eigenvalue weighted by Crippen LogP contribution is -2.10. The first-order chi connectivity index (χ1) is 36.8. The highest BCUT2D eigenvalue weighted by Crippen LogP contribution is 2.47. The lowest BCUT2D eigenvalue weighted by Gasteiger charge is -2.28. The van der Waals surface area contributed by atoms with E-state index in [0.29, 0.717) is 0 Å². The van der Waals surface area contributed by atoms with E-state index < -0.39 is 0 Å². The van der Waals surface area contributed by atoms with E-state index in [-0.39, 0.29) is 11.8 Å². The highest BCUT2D eigenvalue weighted by molar-refractivity contribution is 6.34. The number of hydrogen-bond acceptors (Lipinski definition) is 1. The SMILES string of the molecule is Cc1ccc(C(c2ccc(C)cc2)c2ccc(-c3ccc(N(c4ccc(-c5ccc(C(c6ccc(C)cc6)c6ccc(C)cc6)cc5)cc4)c4ccc5c6cccc7cccc(c8cccc4c85)c76)cc3)cc2)cc1. The first-order valence-electron chi connectivity index (χ1n) is 26.4. The van der Waals surface area contributed by atoms with Crippen LogP contribution in [0.2, 0.25) is 0 Å². The highest BCUT2D eigenvalue weighted by atomic mass is 15.1. The number of aryl methyl sites for hydroxylation is 4. The molecule has 0 spiro atoms. The van der Waals surface area contributed by atoms with Gasteiger partial charge in [-0.3, -0.25) is 0 Å². The fourth-order valence-electron chi connectivity index (χ4n) is 11.8. The van der Waals surface area contributed by atoms with Crippen molar-refractivity contribution < 1.29 is 0 Å². The Kier molecular flexibility index (Phi) is 11.7. The average Bonchev–Trinajstić information content (AvgIpc) is 3.49. The summed E-state index contributed by atoms with van der Waals surface area (Å²) >= 11 is 0. The fourth-order valence-corrected chi connectivity index (χ4v) is 11.8. The van der Waals surface area contributed by atoms with Crippen LogP contribution in [0.15, 0.2) is 261 Å². The monoisotopic (exact) mass is 959 g/mol. The molecule has 0 aliphatic rings. The molecule has 358 valence electrons.